The Hall–Kier alpha value is -1.71. The third-order valence-corrected chi connectivity index (χ3v) is 1.72. The number of aliphatic imine (C=N–C) groups is 1. The van der Waals surface area contributed by atoms with Gasteiger partial charge in [0.15, 0.2) is 0 Å². The molecule has 60 valence electrons. The molecule has 2 N–H and O–H groups in total. The van der Waals surface area contributed by atoms with Crippen LogP contribution in [0, 0.1) is 5.53 Å². The van der Waals surface area contributed by atoms with Gasteiger partial charge < -0.3 is 5.32 Å². The molecule has 0 aromatic heterocycles. The fourth-order valence-electron chi connectivity index (χ4n) is 1.13. The zero-order chi connectivity index (χ0) is 8.39. The van der Waals surface area contributed by atoms with Crippen LogP contribution in [0.25, 0.3) is 0 Å². The van der Waals surface area contributed by atoms with Crippen LogP contribution in [0.4, 0.5) is 5.69 Å². The molecule has 0 bridgehead atoms. The average molecular weight is 160 g/mol. The van der Waals surface area contributed by atoms with Crippen molar-refractivity contribution < 1.29 is 0 Å². The van der Waals surface area contributed by atoms with Crippen molar-refractivity contribution in [2.45, 2.75) is 6.29 Å². The quantitative estimate of drug-likeness (QED) is 0.605. The summed E-state index contributed by atoms with van der Waals surface area (Å²) in [4.78, 5) is 4.00. The molecule has 0 saturated carbocycles. The summed E-state index contributed by atoms with van der Waals surface area (Å²) in [7, 11) is 0. The van der Waals surface area contributed by atoms with Gasteiger partial charge in [-0.05, 0) is 6.07 Å². The maximum atomic E-state index is 6.79. The van der Waals surface area contributed by atoms with E-state index in [9.17, 15) is 0 Å². The van der Waals surface area contributed by atoms with Crippen molar-refractivity contribution in [2.24, 2.45) is 10.1 Å². The van der Waals surface area contributed by atoms with Crippen LogP contribution < -0.4 is 5.32 Å². The van der Waals surface area contributed by atoms with Crippen molar-refractivity contribution in [3.8, 4) is 0 Å². The third kappa shape index (κ3) is 1.07. The van der Waals surface area contributed by atoms with E-state index >= 15 is 0 Å². The molecule has 1 aromatic rings. The molecule has 0 amide bonds. The highest BCUT2D eigenvalue weighted by atomic mass is 15.3. The maximum Gasteiger partial charge on any atom is 0.232 e. The molecule has 0 radical (unpaired) electrons. The summed E-state index contributed by atoms with van der Waals surface area (Å²) in [6, 6.07) is 7.79. The van der Waals surface area contributed by atoms with Gasteiger partial charge in [-0.25, -0.2) is 10.5 Å². The SMILES string of the molecule is N=NC1N=Cc2ccccc2N1. The predicted molar refractivity (Wildman–Crippen MR) is 46.6 cm³/mol. The van der Waals surface area contributed by atoms with Crippen LogP contribution in [0.2, 0.25) is 0 Å². The summed E-state index contributed by atoms with van der Waals surface area (Å²) < 4.78 is 0. The van der Waals surface area contributed by atoms with E-state index in [1.54, 1.807) is 6.21 Å². The minimum Gasteiger partial charge on any atom is -0.344 e. The Morgan fingerprint density at radius 2 is 2.25 bits per heavy atom. The number of nitrogens with one attached hydrogen (secondary N) is 2. The molecule has 0 fully saturated rings. The Kier molecular flexibility index (Phi) is 1.59. The molecule has 1 aliphatic heterocycles. The fourth-order valence-corrected chi connectivity index (χ4v) is 1.13. The van der Waals surface area contributed by atoms with Crippen LogP contribution in [0.15, 0.2) is 34.4 Å². The second kappa shape index (κ2) is 2.73. The molecule has 1 unspecified atom stereocenters. The molecule has 1 aromatic carbocycles. The topological polar surface area (TPSA) is 60.6 Å². The fraction of sp³-hybridized carbons (Fsp3) is 0.125. The predicted octanol–water partition coefficient (Wildman–Crippen LogP) is 1.85. The van der Waals surface area contributed by atoms with Crippen molar-refractivity contribution >= 4 is 11.9 Å². The molecule has 1 heterocycles. The van der Waals surface area contributed by atoms with Crippen molar-refractivity contribution in [3.63, 3.8) is 0 Å². The monoisotopic (exact) mass is 160 g/mol. The molecule has 1 aliphatic rings. The zero-order valence-corrected chi connectivity index (χ0v) is 6.36. The standard InChI is InChI=1S/C8H8N4/c9-12-8-10-5-6-3-1-2-4-7(6)11-8/h1-5,8-9,11H. The lowest BCUT2D eigenvalue weighted by Gasteiger charge is -2.16. The van der Waals surface area contributed by atoms with Crippen LogP contribution in [-0.4, -0.2) is 12.5 Å². The van der Waals surface area contributed by atoms with Crippen molar-refractivity contribution in [1.29, 1.82) is 5.53 Å². The molecule has 0 spiro atoms. The number of fused-ring (bicyclic) bond motifs is 1. The molecule has 12 heavy (non-hydrogen) atoms. The van der Waals surface area contributed by atoms with Gasteiger partial charge in [0.1, 0.15) is 0 Å². The Labute approximate surface area is 69.8 Å². The van der Waals surface area contributed by atoms with Gasteiger partial charge >= 0.3 is 0 Å². The van der Waals surface area contributed by atoms with Gasteiger partial charge in [-0.2, -0.15) is 0 Å². The third-order valence-electron chi connectivity index (χ3n) is 1.72. The van der Waals surface area contributed by atoms with Crippen LogP contribution in [0.3, 0.4) is 0 Å². The summed E-state index contributed by atoms with van der Waals surface area (Å²) in [5.74, 6) is 0. The van der Waals surface area contributed by atoms with E-state index in [4.69, 9.17) is 5.53 Å². The largest absolute Gasteiger partial charge is 0.344 e. The second-order valence-corrected chi connectivity index (χ2v) is 2.51. The first-order valence-corrected chi connectivity index (χ1v) is 3.65. The first kappa shape index (κ1) is 6.97. The highest BCUT2D eigenvalue weighted by Gasteiger charge is 2.10. The van der Waals surface area contributed by atoms with Gasteiger partial charge in [0.2, 0.25) is 6.29 Å². The van der Waals surface area contributed by atoms with Gasteiger partial charge in [-0.3, -0.25) is 0 Å². The van der Waals surface area contributed by atoms with Gasteiger partial charge in [0, 0.05) is 17.5 Å². The lowest BCUT2D eigenvalue weighted by atomic mass is 10.2. The Morgan fingerprint density at radius 3 is 3.08 bits per heavy atom. The number of benzene rings is 1. The van der Waals surface area contributed by atoms with Gasteiger partial charge in [-0.1, -0.05) is 18.2 Å². The average Bonchev–Trinajstić information content (AvgIpc) is 2.17. The lowest BCUT2D eigenvalue weighted by Crippen LogP contribution is -2.18. The highest BCUT2D eigenvalue weighted by molar-refractivity contribution is 5.89. The summed E-state index contributed by atoms with van der Waals surface area (Å²) in [6.45, 7) is 0. The smallest absolute Gasteiger partial charge is 0.232 e. The molecular formula is C8H8N4. The Morgan fingerprint density at radius 1 is 1.42 bits per heavy atom. The number of nitrogens with zero attached hydrogens (tertiary/aromatic N) is 2. The normalized spacial score (nSPS) is 19.5. The summed E-state index contributed by atoms with van der Waals surface area (Å²) >= 11 is 0. The van der Waals surface area contributed by atoms with Crippen molar-refractivity contribution in [2.75, 3.05) is 5.32 Å². The van der Waals surface area contributed by atoms with E-state index in [1.165, 1.54) is 0 Å². The van der Waals surface area contributed by atoms with Crippen molar-refractivity contribution in [1.82, 2.24) is 0 Å². The van der Waals surface area contributed by atoms with E-state index in [1.807, 2.05) is 24.3 Å². The van der Waals surface area contributed by atoms with E-state index in [0.29, 0.717) is 0 Å². The highest BCUT2D eigenvalue weighted by Crippen LogP contribution is 2.18. The molecule has 4 heteroatoms. The van der Waals surface area contributed by atoms with Crippen LogP contribution in [0.5, 0.6) is 0 Å². The number of hydrogen-bond acceptors (Lipinski definition) is 4. The molecular weight excluding hydrogens is 152 g/mol. The minimum atomic E-state index is -0.445. The summed E-state index contributed by atoms with van der Waals surface area (Å²) in [6.07, 6.45) is 1.29. The first-order chi connectivity index (χ1) is 5.90. The number of rotatable bonds is 1. The summed E-state index contributed by atoms with van der Waals surface area (Å²) in [5.41, 5.74) is 8.81. The van der Waals surface area contributed by atoms with Crippen LogP contribution in [0.1, 0.15) is 5.56 Å². The molecule has 4 nitrogen and oxygen atoms in total. The van der Waals surface area contributed by atoms with E-state index in [0.717, 1.165) is 11.3 Å². The molecule has 1 atom stereocenters. The molecule has 2 rings (SSSR count). The van der Waals surface area contributed by atoms with Gasteiger partial charge in [0.05, 0.1) is 0 Å². The van der Waals surface area contributed by atoms with Crippen LogP contribution in [-0.2, 0) is 0 Å². The van der Waals surface area contributed by atoms with Gasteiger partial charge in [0.25, 0.3) is 0 Å². The Bertz CT molecular complexity index is 332. The van der Waals surface area contributed by atoms with Crippen LogP contribution >= 0.6 is 0 Å². The maximum absolute atomic E-state index is 6.79. The molecule has 0 aliphatic carbocycles. The number of anilines is 1. The van der Waals surface area contributed by atoms with Gasteiger partial charge in [-0.15, -0.1) is 5.11 Å². The Balaban J connectivity index is 2.39. The van der Waals surface area contributed by atoms with E-state index in [-0.39, 0.29) is 0 Å². The lowest BCUT2D eigenvalue weighted by molar-refractivity contribution is 0.730. The first-order valence-electron chi connectivity index (χ1n) is 3.65. The van der Waals surface area contributed by atoms with E-state index < -0.39 is 6.29 Å². The number of para-hydroxylation sites is 1. The summed E-state index contributed by atoms with van der Waals surface area (Å²) in [5, 5.41) is 6.28. The second-order valence-electron chi connectivity index (χ2n) is 2.51. The van der Waals surface area contributed by atoms with Crippen molar-refractivity contribution in [3.05, 3.63) is 29.8 Å². The number of hydrogen-bond donors (Lipinski definition) is 2. The molecule has 0 saturated heterocycles. The van der Waals surface area contributed by atoms with E-state index in [2.05, 4.69) is 15.4 Å². The minimum absolute atomic E-state index is 0.445. The zero-order valence-electron chi connectivity index (χ0n) is 6.36.